The van der Waals surface area contributed by atoms with E-state index in [9.17, 15) is 0 Å². The Kier molecular flexibility index (Phi) is 8.83. The van der Waals surface area contributed by atoms with Crippen LogP contribution in [0.3, 0.4) is 0 Å². The molecule has 3 nitrogen and oxygen atoms in total. The van der Waals surface area contributed by atoms with Gasteiger partial charge in [0, 0.05) is 50.0 Å². The van der Waals surface area contributed by atoms with E-state index >= 15 is 0 Å². The minimum atomic E-state index is 1.10. The number of hydrogen-bond donors (Lipinski definition) is 0. The maximum absolute atomic E-state index is 2.51. The van der Waals surface area contributed by atoms with Crippen LogP contribution in [-0.2, 0) is 0 Å². The fourth-order valence-corrected chi connectivity index (χ4v) is 9.66. The molecule has 12 rings (SSSR count). The van der Waals surface area contributed by atoms with E-state index in [-0.39, 0.29) is 0 Å². The molecule has 63 heavy (non-hydrogen) atoms. The summed E-state index contributed by atoms with van der Waals surface area (Å²) in [6.07, 6.45) is 0. The molecular weight excluding hydrogens is 763 g/mol. The van der Waals surface area contributed by atoms with E-state index < -0.39 is 0 Å². The smallest absolute Gasteiger partial charge is 0.0795 e. The van der Waals surface area contributed by atoms with E-state index in [4.69, 9.17) is 0 Å². The number of nitrogens with zero attached hydrogens (tertiary/aromatic N) is 3. The van der Waals surface area contributed by atoms with E-state index in [0.717, 1.165) is 39.5 Å². The van der Waals surface area contributed by atoms with Crippen molar-refractivity contribution < 1.29 is 0 Å². The van der Waals surface area contributed by atoms with Crippen LogP contribution in [0.2, 0.25) is 0 Å². The summed E-state index contributed by atoms with van der Waals surface area (Å²) >= 11 is 0. The van der Waals surface area contributed by atoms with Gasteiger partial charge in [0.05, 0.1) is 22.1 Å². The normalized spacial score (nSPS) is 11.5. The lowest BCUT2D eigenvalue weighted by Gasteiger charge is -2.25. The molecular formula is C60H41N3. The summed E-state index contributed by atoms with van der Waals surface area (Å²) in [6, 6.07) is 90.1. The number of para-hydroxylation sites is 4. The van der Waals surface area contributed by atoms with Gasteiger partial charge in [0.15, 0.2) is 0 Å². The third-order valence-corrected chi connectivity index (χ3v) is 12.5. The molecule has 0 aliphatic heterocycles. The highest BCUT2D eigenvalue weighted by Gasteiger charge is 2.25. The lowest BCUT2D eigenvalue weighted by molar-refractivity contribution is 1.15. The van der Waals surface area contributed by atoms with Gasteiger partial charge in [-0.1, -0.05) is 170 Å². The fourth-order valence-electron chi connectivity index (χ4n) is 9.66. The summed E-state index contributed by atoms with van der Waals surface area (Å²) in [4.78, 5) is 2.32. The predicted octanol–water partition coefficient (Wildman–Crippen LogP) is 16.4. The topological polar surface area (TPSA) is 13.1 Å². The Morgan fingerprint density at radius 3 is 1.25 bits per heavy atom. The molecule has 0 aliphatic rings. The van der Waals surface area contributed by atoms with Crippen LogP contribution in [0.15, 0.2) is 249 Å². The second kappa shape index (κ2) is 15.3. The number of rotatable bonds is 8. The maximum Gasteiger partial charge on any atom is 0.0795 e. The highest BCUT2D eigenvalue weighted by atomic mass is 15.1. The molecule has 296 valence electrons. The van der Waals surface area contributed by atoms with Crippen molar-refractivity contribution in [1.82, 2.24) is 9.13 Å². The minimum Gasteiger partial charge on any atom is -0.311 e. The summed E-state index contributed by atoms with van der Waals surface area (Å²) in [7, 11) is 0. The average Bonchev–Trinajstić information content (AvgIpc) is 3.89. The molecule has 0 saturated carbocycles. The molecule has 12 aromatic rings. The zero-order valence-corrected chi connectivity index (χ0v) is 34.5. The van der Waals surface area contributed by atoms with Gasteiger partial charge in [-0.25, -0.2) is 0 Å². The van der Waals surface area contributed by atoms with Crippen molar-refractivity contribution >= 4 is 60.7 Å². The number of anilines is 3. The van der Waals surface area contributed by atoms with Crippen molar-refractivity contribution in [2.75, 3.05) is 4.90 Å². The van der Waals surface area contributed by atoms with Crippen LogP contribution in [0.4, 0.5) is 17.1 Å². The quantitative estimate of drug-likeness (QED) is 0.149. The zero-order chi connectivity index (χ0) is 41.7. The molecule has 0 fully saturated rings. The molecule has 2 aromatic heterocycles. The predicted molar refractivity (Wildman–Crippen MR) is 266 cm³/mol. The first-order valence-corrected chi connectivity index (χ1v) is 21.6. The van der Waals surface area contributed by atoms with Crippen LogP contribution in [-0.4, -0.2) is 9.13 Å². The lowest BCUT2D eigenvalue weighted by Crippen LogP contribution is -2.09. The second-order valence-electron chi connectivity index (χ2n) is 16.1. The number of benzene rings is 10. The molecule has 0 aliphatic carbocycles. The first kappa shape index (κ1) is 36.5. The van der Waals surface area contributed by atoms with Crippen LogP contribution in [0.25, 0.3) is 88.4 Å². The first-order valence-electron chi connectivity index (χ1n) is 21.6. The van der Waals surface area contributed by atoms with Gasteiger partial charge in [0.25, 0.3) is 0 Å². The lowest BCUT2D eigenvalue weighted by atomic mass is 9.96. The monoisotopic (exact) mass is 803 g/mol. The molecule has 3 heteroatoms. The van der Waals surface area contributed by atoms with Gasteiger partial charge in [-0.15, -0.1) is 0 Å². The Labute approximate surface area is 366 Å². The molecule has 0 saturated heterocycles. The summed E-state index contributed by atoms with van der Waals surface area (Å²) < 4.78 is 5.01. The molecule has 0 amide bonds. The standard InChI is InChI=1S/C60H41N3/c1-5-19-42(20-6-1)45-23-17-29-50(39-45)62-56-33-15-13-31-52(56)55-41-54(44-35-37-49(38-36-44)61(47-25-9-3-10-26-47)48-27-11-4-12-28-48)58-53-32-14-16-34-57(53)63(60(58)59(55)62)51-30-18-24-46(40-51)43-21-7-2-8-22-43/h1-41H. The minimum absolute atomic E-state index is 1.10. The van der Waals surface area contributed by atoms with E-state index in [1.807, 2.05) is 0 Å². The van der Waals surface area contributed by atoms with Crippen LogP contribution >= 0.6 is 0 Å². The van der Waals surface area contributed by atoms with Crippen LogP contribution in [0.1, 0.15) is 0 Å². The molecule has 0 N–H and O–H groups in total. The molecule has 10 aromatic carbocycles. The van der Waals surface area contributed by atoms with E-state index in [0.29, 0.717) is 0 Å². The maximum atomic E-state index is 2.51. The number of hydrogen-bond acceptors (Lipinski definition) is 1. The van der Waals surface area contributed by atoms with Gasteiger partial charge in [0.2, 0.25) is 0 Å². The summed E-state index contributed by atoms with van der Waals surface area (Å²) in [5.41, 5.74) is 17.4. The molecule has 0 radical (unpaired) electrons. The van der Waals surface area contributed by atoms with Gasteiger partial charge in [-0.05, 0) is 112 Å². The molecule has 0 unspecified atom stereocenters. The number of fused-ring (bicyclic) bond motifs is 7. The highest BCUT2D eigenvalue weighted by molar-refractivity contribution is 6.28. The number of aromatic nitrogens is 2. The van der Waals surface area contributed by atoms with Crippen LogP contribution in [0, 0.1) is 0 Å². The summed E-state index contributed by atoms with van der Waals surface area (Å²) in [5, 5.41) is 4.86. The Morgan fingerprint density at radius 2 is 0.698 bits per heavy atom. The molecule has 2 heterocycles. The first-order chi connectivity index (χ1) is 31.3. The van der Waals surface area contributed by atoms with Gasteiger partial charge < -0.3 is 14.0 Å². The van der Waals surface area contributed by atoms with Crippen molar-refractivity contribution in [1.29, 1.82) is 0 Å². The largest absolute Gasteiger partial charge is 0.311 e. The summed E-state index contributed by atoms with van der Waals surface area (Å²) in [5.74, 6) is 0. The Balaban J connectivity index is 1.17. The van der Waals surface area contributed by atoms with Gasteiger partial charge in [-0.3, -0.25) is 0 Å². The van der Waals surface area contributed by atoms with Crippen LogP contribution in [0.5, 0.6) is 0 Å². The second-order valence-corrected chi connectivity index (χ2v) is 16.1. The summed E-state index contributed by atoms with van der Waals surface area (Å²) in [6.45, 7) is 0. The zero-order valence-electron chi connectivity index (χ0n) is 34.5. The SMILES string of the molecule is c1ccc(-c2cccc(-n3c4ccccc4c4cc(-c5ccc(N(c6ccccc6)c6ccccc6)cc5)c5c6ccccc6n(-c6cccc(-c7ccccc7)c6)c5c43)c2)cc1. The van der Waals surface area contributed by atoms with Gasteiger partial charge >= 0.3 is 0 Å². The van der Waals surface area contributed by atoms with Gasteiger partial charge in [-0.2, -0.15) is 0 Å². The van der Waals surface area contributed by atoms with Gasteiger partial charge in [0.1, 0.15) is 0 Å². The third kappa shape index (κ3) is 6.21. The molecule has 0 atom stereocenters. The van der Waals surface area contributed by atoms with Crippen molar-refractivity contribution in [2.24, 2.45) is 0 Å². The Hall–Kier alpha value is -8.40. The Bertz CT molecular complexity index is 3550. The van der Waals surface area contributed by atoms with Crippen molar-refractivity contribution in [3.63, 3.8) is 0 Å². The van der Waals surface area contributed by atoms with Crippen molar-refractivity contribution in [3.05, 3.63) is 249 Å². The van der Waals surface area contributed by atoms with Crippen molar-refractivity contribution in [2.45, 2.75) is 0 Å². The molecule has 0 bridgehead atoms. The van der Waals surface area contributed by atoms with E-state index in [2.05, 4.69) is 263 Å². The van der Waals surface area contributed by atoms with E-state index in [1.165, 1.54) is 65.9 Å². The third-order valence-electron chi connectivity index (χ3n) is 12.5. The van der Waals surface area contributed by atoms with Crippen molar-refractivity contribution in [3.8, 4) is 44.8 Å². The molecule has 0 spiro atoms. The fraction of sp³-hybridized carbons (Fsp3) is 0. The van der Waals surface area contributed by atoms with Crippen LogP contribution < -0.4 is 4.90 Å². The Morgan fingerprint density at radius 1 is 0.270 bits per heavy atom. The average molecular weight is 804 g/mol. The van der Waals surface area contributed by atoms with E-state index in [1.54, 1.807) is 0 Å². The highest BCUT2D eigenvalue weighted by Crippen LogP contribution is 2.47.